The lowest BCUT2D eigenvalue weighted by molar-refractivity contribution is -0.146. The molecule has 2 aliphatic heterocycles. The Morgan fingerprint density at radius 1 is 1.15 bits per heavy atom. The zero-order valence-electron chi connectivity index (χ0n) is 22.7. The zero-order chi connectivity index (χ0) is 27.6. The van der Waals surface area contributed by atoms with Crippen molar-refractivity contribution >= 4 is 34.6 Å². The Hall–Kier alpha value is -3.56. The molecule has 210 valence electrons. The van der Waals surface area contributed by atoms with Crippen LogP contribution in [0.25, 0.3) is 10.9 Å². The molecule has 10 heteroatoms. The quantitative estimate of drug-likeness (QED) is 0.465. The van der Waals surface area contributed by atoms with Crippen LogP contribution in [0.15, 0.2) is 24.3 Å². The maximum Gasteiger partial charge on any atom is 0.328 e. The maximum atomic E-state index is 13.9. The lowest BCUT2D eigenvalue weighted by Crippen LogP contribution is -2.52. The molecule has 2 aromatic rings. The van der Waals surface area contributed by atoms with Crippen molar-refractivity contribution in [2.24, 2.45) is 11.3 Å². The number of piperidine rings is 1. The number of hydrogen-bond acceptors (Lipinski definition) is 6. The van der Waals surface area contributed by atoms with Crippen molar-refractivity contribution in [1.29, 1.82) is 0 Å². The van der Waals surface area contributed by atoms with Gasteiger partial charge in [0.25, 0.3) is 5.91 Å². The van der Waals surface area contributed by atoms with Gasteiger partial charge in [-0.05, 0) is 62.1 Å². The van der Waals surface area contributed by atoms with E-state index in [1.807, 2.05) is 18.2 Å². The van der Waals surface area contributed by atoms with E-state index in [0.717, 1.165) is 49.4 Å². The molecule has 39 heavy (non-hydrogen) atoms. The fraction of sp³-hybridized carbons (Fsp3) is 0.586. The van der Waals surface area contributed by atoms with E-state index in [9.17, 15) is 19.2 Å². The standard InChI is InChI=1S/C29H38N4O6/c1-38-24-10-6-9-20-19(24)15-21(31-20)27(36)33-17-29(11-4-3-5-12-29)16-23(33)26(35)32-22(28(37)39-2)14-18-8-7-13-30-25(18)34/h6,9-10,15,18,22-23,31H,3-5,7-8,11-14,16-17H2,1-2H3,(H,30,34)(H,32,35)/t18-,22-,23?/m0/s1. The number of aromatic amines is 1. The van der Waals surface area contributed by atoms with E-state index in [2.05, 4.69) is 15.6 Å². The summed E-state index contributed by atoms with van der Waals surface area (Å²) in [5.41, 5.74) is 1.05. The summed E-state index contributed by atoms with van der Waals surface area (Å²) >= 11 is 0. The first-order valence-electron chi connectivity index (χ1n) is 14.0. The number of carbonyl (C=O) groups excluding carboxylic acids is 4. The molecule has 1 aliphatic carbocycles. The van der Waals surface area contributed by atoms with Crippen molar-refractivity contribution in [3.8, 4) is 5.75 Å². The number of nitrogens with zero attached hydrogens (tertiary/aromatic N) is 1. The van der Waals surface area contributed by atoms with Gasteiger partial charge in [0.15, 0.2) is 0 Å². The summed E-state index contributed by atoms with van der Waals surface area (Å²) in [4.78, 5) is 57.6. The number of amides is 3. The number of nitrogens with one attached hydrogen (secondary N) is 3. The van der Waals surface area contributed by atoms with Crippen LogP contribution in [0.2, 0.25) is 0 Å². The van der Waals surface area contributed by atoms with Gasteiger partial charge in [-0.25, -0.2) is 4.79 Å². The monoisotopic (exact) mass is 538 g/mol. The first kappa shape index (κ1) is 27.0. The van der Waals surface area contributed by atoms with Gasteiger partial charge in [-0.1, -0.05) is 25.3 Å². The van der Waals surface area contributed by atoms with E-state index in [4.69, 9.17) is 9.47 Å². The molecule has 3 atom stereocenters. The third-order valence-electron chi connectivity index (χ3n) is 8.78. The first-order chi connectivity index (χ1) is 18.8. The predicted molar refractivity (Wildman–Crippen MR) is 144 cm³/mol. The van der Waals surface area contributed by atoms with Gasteiger partial charge >= 0.3 is 5.97 Å². The molecule has 2 saturated heterocycles. The maximum absolute atomic E-state index is 13.9. The summed E-state index contributed by atoms with van der Waals surface area (Å²) in [5, 5.41) is 6.49. The SMILES string of the molecule is COC(=O)[C@H](C[C@@H]1CCCNC1=O)NC(=O)C1CC2(CCCCC2)CN1C(=O)c1cc2c(OC)cccc2[nH]1. The van der Waals surface area contributed by atoms with Crippen molar-refractivity contribution in [3.05, 3.63) is 30.0 Å². The smallest absolute Gasteiger partial charge is 0.328 e. The molecule has 1 saturated carbocycles. The molecule has 5 rings (SSSR count). The van der Waals surface area contributed by atoms with Gasteiger partial charge in [0.2, 0.25) is 11.8 Å². The van der Waals surface area contributed by atoms with Crippen LogP contribution in [-0.2, 0) is 19.1 Å². The van der Waals surface area contributed by atoms with E-state index in [1.165, 1.54) is 7.11 Å². The summed E-state index contributed by atoms with van der Waals surface area (Å²) in [5.74, 6) is -1.06. The number of aromatic nitrogens is 1. The second-order valence-electron chi connectivity index (χ2n) is 11.3. The normalized spacial score (nSPS) is 23.3. The lowest BCUT2D eigenvalue weighted by atomic mass is 9.72. The molecule has 0 bridgehead atoms. The number of H-pyrrole nitrogens is 1. The second-order valence-corrected chi connectivity index (χ2v) is 11.3. The van der Waals surface area contributed by atoms with Crippen molar-refractivity contribution in [3.63, 3.8) is 0 Å². The minimum Gasteiger partial charge on any atom is -0.496 e. The van der Waals surface area contributed by atoms with Gasteiger partial charge in [-0.2, -0.15) is 0 Å². The molecule has 3 fully saturated rings. The number of methoxy groups -OCH3 is 2. The Bertz CT molecular complexity index is 1250. The van der Waals surface area contributed by atoms with Gasteiger partial charge in [-0.15, -0.1) is 0 Å². The van der Waals surface area contributed by atoms with E-state index in [-0.39, 0.29) is 35.5 Å². The van der Waals surface area contributed by atoms with Crippen LogP contribution in [-0.4, -0.2) is 73.0 Å². The third-order valence-corrected chi connectivity index (χ3v) is 8.78. The topological polar surface area (TPSA) is 130 Å². The summed E-state index contributed by atoms with van der Waals surface area (Å²) in [7, 11) is 2.86. The number of benzene rings is 1. The number of rotatable bonds is 7. The van der Waals surface area contributed by atoms with Crippen LogP contribution in [0.1, 0.15) is 68.3 Å². The molecule has 3 aliphatic rings. The molecular formula is C29H38N4O6. The van der Waals surface area contributed by atoms with Crippen LogP contribution in [0.3, 0.4) is 0 Å². The number of ether oxygens (including phenoxy) is 2. The molecule has 3 N–H and O–H groups in total. The molecule has 3 heterocycles. The highest BCUT2D eigenvalue weighted by molar-refractivity contribution is 6.02. The van der Waals surface area contributed by atoms with Crippen LogP contribution in [0.4, 0.5) is 0 Å². The zero-order valence-corrected chi connectivity index (χ0v) is 22.7. The Kier molecular flexibility index (Phi) is 7.81. The van der Waals surface area contributed by atoms with Gasteiger partial charge < -0.3 is 30.0 Å². The molecule has 3 amide bonds. The first-order valence-corrected chi connectivity index (χ1v) is 14.0. The fourth-order valence-electron chi connectivity index (χ4n) is 6.71. The van der Waals surface area contributed by atoms with Crippen molar-refractivity contribution < 1.29 is 28.7 Å². The minimum absolute atomic E-state index is 0.113. The van der Waals surface area contributed by atoms with Gasteiger partial charge in [0, 0.05) is 29.9 Å². The van der Waals surface area contributed by atoms with Gasteiger partial charge in [-0.3, -0.25) is 14.4 Å². The number of hydrogen-bond donors (Lipinski definition) is 3. The number of likely N-dealkylation sites (tertiary alicyclic amines) is 1. The Balaban J connectivity index is 1.40. The Morgan fingerprint density at radius 2 is 1.95 bits per heavy atom. The molecule has 1 spiro atoms. The second kappa shape index (κ2) is 11.3. The van der Waals surface area contributed by atoms with Crippen molar-refractivity contribution in [2.75, 3.05) is 27.3 Å². The van der Waals surface area contributed by atoms with E-state index in [0.29, 0.717) is 37.4 Å². The minimum atomic E-state index is -0.964. The van der Waals surface area contributed by atoms with Crippen LogP contribution in [0.5, 0.6) is 5.75 Å². The fourth-order valence-corrected chi connectivity index (χ4v) is 6.71. The number of carbonyl (C=O) groups is 4. The molecule has 10 nitrogen and oxygen atoms in total. The van der Waals surface area contributed by atoms with Crippen LogP contribution >= 0.6 is 0 Å². The summed E-state index contributed by atoms with van der Waals surface area (Å²) in [6.07, 6.45) is 7.40. The highest BCUT2D eigenvalue weighted by atomic mass is 16.5. The third kappa shape index (κ3) is 5.46. The molecule has 0 radical (unpaired) electrons. The molecule has 1 aromatic carbocycles. The van der Waals surface area contributed by atoms with Crippen LogP contribution in [0, 0.1) is 11.3 Å². The average Bonchev–Trinajstić information content (AvgIpc) is 3.55. The van der Waals surface area contributed by atoms with Crippen molar-refractivity contribution in [2.45, 2.75) is 69.9 Å². The number of fused-ring (bicyclic) bond motifs is 1. The highest BCUT2D eigenvalue weighted by Gasteiger charge is 2.49. The Morgan fingerprint density at radius 3 is 2.67 bits per heavy atom. The van der Waals surface area contributed by atoms with Gasteiger partial charge in [0.1, 0.15) is 23.5 Å². The molecular weight excluding hydrogens is 500 g/mol. The summed E-state index contributed by atoms with van der Waals surface area (Å²) < 4.78 is 10.4. The predicted octanol–water partition coefficient (Wildman–Crippen LogP) is 2.92. The Labute approximate surface area is 228 Å². The lowest BCUT2D eigenvalue weighted by Gasteiger charge is -2.32. The van der Waals surface area contributed by atoms with Crippen molar-refractivity contribution in [1.82, 2.24) is 20.5 Å². The molecule has 1 unspecified atom stereocenters. The molecule has 1 aromatic heterocycles. The number of esters is 1. The average molecular weight is 539 g/mol. The summed E-state index contributed by atoms with van der Waals surface area (Å²) in [6, 6.07) is 5.66. The van der Waals surface area contributed by atoms with E-state index < -0.39 is 18.1 Å². The van der Waals surface area contributed by atoms with Crippen LogP contribution < -0.4 is 15.4 Å². The van der Waals surface area contributed by atoms with E-state index in [1.54, 1.807) is 18.1 Å². The van der Waals surface area contributed by atoms with E-state index >= 15 is 0 Å². The highest BCUT2D eigenvalue weighted by Crippen LogP contribution is 2.47. The van der Waals surface area contributed by atoms with Gasteiger partial charge in [0.05, 0.1) is 14.2 Å². The largest absolute Gasteiger partial charge is 0.496 e. The summed E-state index contributed by atoms with van der Waals surface area (Å²) in [6.45, 7) is 1.11.